The van der Waals surface area contributed by atoms with Gasteiger partial charge in [0.05, 0.1) is 31.2 Å². The topological polar surface area (TPSA) is 83.1 Å². The van der Waals surface area contributed by atoms with Gasteiger partial charge in [-0.1, -0.05) is 48.0 Å². The summed E-state index contributed by atoms with van der Waals surface area (Å²) in [6.07, 6.45) is 0. The lowest BCUT2D eigenvalue weighted by atomic mass is 10.00. The molecule has 220 valence electrons. The fourth-order valence-electron chi connectivity index (χ4n) is 4.92. The number of hydrogen-bond donors (Lipinski definition) is 2. The molecule has 1 heterocycles. The van der Waals surface area contributed by atoms with E-state index < -0.39 is 0 Å². The number of fused-ring (bicyclic) bond motifs is 1. The first-order chi connectivity index (χ1) is 20.8. The molecule has 0 fully saturated rings. The van der Waals surface area contributed by atoms with E-state index >= 15 is 0 Å². The molecule has 5 rings (SSSR count). The van der Waals surface area contributed by atoms with E-state index in [1.807, 2.05) is 79.7 Å². The van der Waals surface area contributed by atoms with Crippen LogP contribution in [0.25, 0.3) is 11.3 Å². The first-order valence-corrected chi connectivity index (χ1v) is 14.1. The highest BCUT2D eigenvalue weighted by atomic mass is 35.5. The van der Waals surface area contributed by atoms with Gasteiger partial charge in [-0.05, 0) is 74.3 Å². The Bertz CT molecular complexity index is 1670. The Balaban J connectivity index is 1.49. The van der Waals surface area contributed by atoms with Crippen LogP contribution in [-0.4, -0.2) is 58.1 Å². The summed E-state index contributed by atoms with van der Waals surface area (Å²) < 4.78 is 10.8. The molecule has 2 amide bonds. The number of anilines is 3. The van der Waals surface area contributed by atoms with Gasteiger partial charge < -0.3 is 29.9 Å². The van der Waals surface area contributed by atoms with Crippen LogP contribution < -0.4 is 25.0 Å². The van der Waals surface area contributed by atoms with Gasteiger partial charge in [0.15, 0.2) is 11.5 Å². The number of methoxy groups -OCH3 is 2. The maximum absolute atomic E-state index is 13.8. The van der Waals surface area contributed by atoms with Crippen LogP contribution in [0.15, 0.2) is 91.0 Å². The summed E-state index contributed by atoms with van der Waals surface area (Å²) in [5.74, 6) is 0.671. The van der Waals surface area contributed by atoms with Crippen LogP contribution >= 0.6 is 11.6 Å². The van der Waals surface area contributed by atoms with Crippen LogP contribution in [0.4, 0.5) is 17.1 Å². The summed E-state index contributed by atoms with van der Waals surface area (Å²) in [4.78, 5) is 30.7. The highest BCUT2D eigenvalue weighted by Gasteiger charge is 2.29. The third kappa shape index (κ3) is 6.51. The summed E-state index contributed by atoms with van der Waals surface area (Å²) in [5.41, 5.74) is 5.47. The summed E-state index contributed by atoms with van der Waals surface area (Å²) >= 11 is 6.19. The minimum absolute atomic E-state index is 0.159. The molecule has 4 aromatic carbocycles. The third-order valence-corrected chi connectivity index (χ3v) is 7.37. The van der Waals surface area contributed by atoms with Crippen LogP contribution in [0, 0.1) is 0 Å². The molecule has 9 heteroatoms. The van der Waals surface area contributed by atoms with Gasteiger partial charge in [0.25, 0.3) is 11.8 Å². The van der Waals surface area contributed by atoms with E-state index in [-0.39, 0.29) is 11.8 Å². The van der Waals surface area contributed by atoms with Crippen molar-refractivity contribution in [3.63, 3.8) is 0 Å². The Kier molecular flexibility index (Phi) is 8.99. The number of carbonyl (C=O) groups excluding carboxylic acids is 2. The van der Waals surface area contributed by atoms with Crippen LogP contribution in [0.5, 0.6) is 11.5 Å². The van der Waals surface area contributed by atoms with Gasteiger partial charge in [0.1, 0.15) is 0 Å². The maximum Gasteiger partial charge on any atom is 0.258 e. The predicted octanol–water partition coefficient (Wildman–Crippen LogP) is 6.50. The van der Waals surface area contributed by atoms with E-state index in [1.165, 1.54) is 0 Å². The number of carbonyl (C=O) groups is 2. The fourth-order valence-corrected chi connectivity index (χ4v) is 5.09. The van der Waals surface area contributed by atoms with Crippen LogP contribution in [0.3, 0.4) is 0 Å². The van der Waals surface area contributed by atoms with Crippen molar-refractivity contribution in [2.24, 2.45) is 0 Å². The fraction of sp³-hybridized carbons (Fsp3) is 0.176. The van der Waals surface area contributed by atoms with Gasteiger partial charge in [0.2, 0.25) is 0 Å². The molecule has 0 saturated heterocycles. The van der Waals surface area contributed by atoms with Crippen molar-refractivity contribution < 1.29 is 19.1 Å². The average molecular weight is 597 g/mol. The molecule has 0 bridgehead atoms. The van der Waals surface area contributed by atoms with Crippen LogP contribution in [0.2, 0.25) is 5.02 Å². The van der Waals surface area contributed by atoms with E-state index in [0.29, 0.717) is 52.1 Å². The normalized spacial score (nSPS) is 13.3. The molecular weight excluding hydrogens is 564 g/mol. The zero-order valence-electron chi connectivity index (χ0n) is 24.5. The number of amides is 2. The monoisotopic (exact) mass is 596 g/mol. The number of hydrogen-bond acceptors (Lipinski definition) is 6. The van der Waals surface area contributed by atoms with E-state index in [2.05, 4.69) is 10.6 Å². The predicted molar refractivity (Wildman–Crippen MR) is 173 cm³/mol. The van der Waals surface area contributed by atoms with Gasteiger partial charge >= 0.3 is 0 Å². The van der Waals surface area contributed by atoms with Gasteiger partial charge in [-0.3, -0.25) is 9.59 Å². The molecule has 0 atom stereocenters. The number of halogens is 1. The first kappa shape index (κ1) is 29.7. The second-order valence-electron chi connectivity index (χ2n) is 10.3. The average Bonchev–Trinajstić information content (AvgIpc) is 3.34. The SMILES string of the molecule is COc1ccc(C(=O)N(CCN(C)C)c2ccc(NC(=C3C(=O)Nc4cc(Cl)ccc43)c3ccccc3)cc2)cc1OC. The Morgan fingerprint density at radius 1 is 0.837 bits per heavy atom. The molecular formula is C34H33ClN4O4. The molecule has 2 N–H and O–H groups in total. The van der Waals surface area contributed by atoms with E-state index in [0.717, 1.165) is 22.5 Å². The van der Waals surface area contributed by atoms with Gasteiger partial charge in [-0.15, -0.1) is 0 Å². The summed E-state index contributed by atoms with van der Waals surface area (Å²) in [7, 11) is 7.04. The lowest BCUT2D eigenvalue weighted by molar-refractivity contribution is -0.110. The smallest absolute Gasteiger partial charge is 0.258 e. The lowest BCUT2D eigenvalue weighted by Crippen LogP contribution is -2.36. The Labute approximate surface area is 256 Å². The molecule has 0 aliphatic carbocycles. The molecule has 0 spiro atoms. The largest absolute Gasteiger partial charge is 0.493 e. The molecule has 4 aromatic rings. The van der Waals surface area contributed by atoms with Crippen LogP contribution in [0.1, 0.15) is 21.5 Å². The van der Waals surface area contributed by atoms with Gasteiger partial charge in [0, 0.05) is 40.6 Å². The molecule has 0 aromatic heterocycles. The molecule has 43 heavy (non-hydrogen) atoms. The first-order valence-electron chi connectivity index (χ1n) is 13.8. The zero-order chi connectivity index (χ0) is 30.5. The van der Waals surface area contributed by atoms with Crippen molar-refractivity contribution in [2.45, 2.75) is 0 Å². The second kappa shape index (κ2) is 13.0. The van der Waals surface area contributed by atoms with Gasteiger partial charge in [-0.2, -0.15) is 0 Å². The minimum atomic E-state index is -0.212. The van der Waals surface area contributed by atoms with Crippen LogP contribution in [-0.2, 0) is 4.79 Å². The van der Waals surface area contributed by atoms with Crippen molar-refractivity contribution in [3.8, 4) is 11.5 Å². The zero-order valence-corrected chi connectivity index (χ0v) is 25.2. The van der Waals surface area contributed by atoms with Gasteiger partial charge in [-0.25, -0.2) is 0 Å². The number of ether oxygens (including phenoxy) is 2. The number of benzene rings is 4. The molecule has 8 nitrogen and oxygen atoms in total. The van der Waals surface area contributed by atoms with Crippen molar-refractivity contribution in [3.05, 3.63) is 113 Å². The summed E-state index contributed by atoms with van der Waals surface area (Å²) in [6.45, 7) is 1.15. The van der Waals surface area contributed by atoms with E-state index in [4.69, 9.17) is 21.1 Å². The molecule has 1 aliphatic heterocycles. The number of nitrogens with one attached hydrogen (secondary N) is 2. The Morgan fingerprint density at radius 3 is 2.23 bits per heavy atom. The molecule has 0 radical (unpaired) electrons. The summed E-state index contributed by atoms with van der Waals surface area (Å²) in [5, 5.41) is 6.95. The minimum Gasteiger partial charge on any atom is -0.493 e. The summed E-state index contributed by atoms with van der Waals surface area (Å²) in [6, 6.07) is 27.8. The molecule has 1 aliphatic rings. The lowest BCUT2D eigenvalue weighted by Gasteiger charge is -2.25. The van der Waals surface area contributed by atoms with E-state index in [1.54, 1.807) is 49.5 Å². The van der Waals surface area contributed by atoms with E-state index in [9.17, 15) is 9.59 Å². The molecule has 0 unspecified atom stereocenters. The Hall–Kier alpha value is -4.79. The van der Waals surface area contributed by atoms with Crippen molar-refractivity contribution in [1.29, 1.82) is 0 Å². The second-order valence-corrected chi connectivity index (χ2v) is 10.7. The van der Waals surface area contributed by atoms with Crippen molar-refractivity contribution in [1.82, 2.24) is 4.90 Å². The molecule has 0 saturated carbocycles. The highest BCUT2D eigenvalue weighted by molar-refractivity contribution is 6.38. The number of rotatable bonds is 10. The quantitative estimate of drug-likeness (QED) is 0.203. The standard InChI is InChI=1S/C34H33ClN4O4/c1-38(2)18-19-39(34(41)23-10-17-29(42-3)30(20-23)43-4)26-14-12-25(13-15-26)36-32(22-8-6-5-7-9-22)31-27-16-11-24(35)21-28(27)37-33(31)40/h5-17,20-21,36H,18-19H2,1-4H3,(H,37,40). The Morgan fingerprint density at radius 2 is 1.56 bits per heavy atom. The number of nitrogens with zero attached hydrogens (tertiary/aromatic N) is 2. The highest BCUT2D eigenvalue weighted by Crippen LogP contribution is 2.39. The van der Waals surface area contributed by atoms with Crippen molar-refractivity contribution >= 4 is 51.7 Å². The van der Waals surface area contributed by atoms with Crippen molar-refractivity contribution in [2.75, 3.05) is 56.9 Å². The third-order valence-electron chi connectivity index (χ3n) is 7.13. The maximum atomic E-state index is 13.8. The number of likely N-dealkylation sites (N-methyl/N-ethyl adjacent to an activating group) is 1.